The maximum Gasteiger partial charge on any atom is 0.407 e. The van der Waals surface area contributed by atoms with E-state index in [9.17, 15) is 4.79 Å². The molecule has 138 valence electrons. The van der Waals surface area contributed by atoms with Gasteiger partial charge >= 0.3 is 6.09 Å². The van der Waals surface area contributed by atoms with Crippen LogP contribution in [0.3, 0.4) is 0 Å². The molecule has 0 rings (SSSR count). The number of amides is 1. The van der Waals surface area contributed by atoms with E-state index >= 15 is 0 Å². The number of hydrogen-bond acceptors (Lipinski definition) is 4. The highest BCUT2D eigenvalue weighted by molar-refractivity contribution is 5.68. The monoisotopic (exact) mass is 330 g/mol. The van der Waals surface area contributed by atoms with Crippen LogP contribution in [0.5, 0.6) is 0 Å². The lowest BCUT2D eigenvalue weighted by atomic mass is 9.78. The fraction of sp³-hybridized carbons (Fsp3) is 0.944. The summed E-state index contributed by atoms with van der Waals surface area (Å²) >= 11 is 0. The molecule has 1 amide bonds. The van der Waals surface area contributed by atoms with Gasteiger partial charge in [-0.3, -0.25) is 0 Å². The lowest BCUT2D eigenvalue weighted by Gasteiger charge is -2.36. The van der Waals surface area contributed by atoms with Crippen LogP contribution in [0.15, 0.2) is 0 Å². The van der Waals surface area contributed by atoms with Crippen molar-refractivity contribution in [3.63, 3.8) is 0 Å². The lowest BCUT2D eigenvalue weighted by molar-refractivity contribution is -0.0528. The minimum Gasteiger partial charge on any atom is -0.448 e. The maximum atomic E-state index is 11.6. The van der Waals surface area contributed by atoms with Gasteiger partial charge in [-0.1, -0.05) is 27.2 Å². The Kier molecular flexibility index (Phi) is 9.14. The van der Waals surface area contributed by atoms with Gasteiger partial charge in [0.2, 0.25) is 0 Å². The van der Waals surface area contributed by atoms with Crippen LogP contribution in [0, 0.1) is 5.41 Å². The van der Waals surface area contributed by atoms with E-state index in [4.69, 9.17) is 15.2 Å². The second-order valence-electron chi connectivity index (χ2n) is 8.38. The smallest absolute Gasteiger partial charge is 0.407 e. The van der Waals surface area contributed by atoms with E-state index in [0.29, 0.717) is 13.2 Å². The van der Waals surface area contributed by atoms with E-state index in [1.54, 1.807) is 0 Å². The summed E-state index contributed by atoms with van der Waals surface area (Å²) in [7, 11) is 0. The topological polar surface area (TPSA) is 73.6 Å². The van der Waals surface area contributed by atoms with Crippen molar-refractivity contribution in [3.8, 4) is 0 Å². The van der Waals surface area contributed by atoms with E-state index < -0.39 is 6.09 Å². The van der Waals surface area contributed by atoms with Crippen molar-refractivity contribution in [1.82, 2.24) is 5.32 Å². The molecule has 23 heavy (non-hydrogen) atoms. The zero-order valence-corrected chi connectivity index (χ0v) is 16.3. The SMILES string of the molecule is CCCC(C)(C)CC(C)(C)OCCC(C)(C)NC(=O)OCCN. The fourth-order valence-electron chi connectivity index (χ4n) is 3.08. The van der Waals surface area contributed by atoms with Gasteiger partial charge in [0.1, 0.15) is 6.61 Å². The molecule has 0 heterocycles. The minimum atomic E-state index is -0.427. The van der Waals surface area contributed by atoms with E-state index in [-0.39, 0.29) is 23.2 Å². The summed E-state index contributed by atoms with van der Waals surface area (Å²) < 4.78 is 11.0. The van der Waals surface area contributed by atoms with Crippen LogP contribution in [-0.4, -0.2) is 37.0 Å². The Bertz CT molecular complexity index is 352. The van der Waals surface area contributed by atoms with Gasteiger partial charge in [-0.05, 0) is 52.4 Å². The summed E-state index contributed by atoms with van der Waals surface area (Å²) in [4.78, 5) is 11.6. The molecule has 0 saturated heterocycles. The number of carbonyl (C=O) groups excluding carboxylic acids is 1. The number of alkyl carbamates (subject to hydrolysis) is 1. The van der Waals surface area contributed by atoms with Crippen molar-refractivity contribution in [2.75, 3.05) is 19.8 Å². The highest BCUT2D eigenvalue weighted by Gasteiger charge is 2.30. The van der Waals surface area contributed by atoms with E-state index in [2.05, 4.69) is 39.9 Å². The number of hydrogen-bond donors (Lipinski definition) is 2. The van der Waals surface area contributed by atoms with Crippen LogP contribution < -0.4 is 11.1 Å². The van der Waals surface area contributed by atoms with E-state index in [1.807, 2.05) is 13.8 Å². The number of carbonyl (C=O) groups is 1. The first-order valence-corrected chi connectivity index (χ1v) is 8.72. The highest BCUT2D eigenvalue weighted by atomic mass is 16.5. The van der Waals surface area contributed by atoms with Crippen molar-refractivity contribution >= 4 is 6.09 Å². The molecule has 0 aliphatic heterocycles. The van der Waals surface area contributed by atoms with Crippen molar-refractivity contribution in [3.05, 3.63) is 0 Å². The van der Waals surface area contributed by atoms with Crippen LogP contribution in [0.1, 0.15) is 74.1 Å². The summed E-state index contributed by atoms with van der Waals surface area (Å²) in [6.45, 7) is 16.2. The molecular formula is C18H38N2O3. The molecule has 5 nitrogen and oxygen atoms in total. The Morgan fingerprint density at radius 3 is 2.17 bits per heavy atom. The van der Waals surface area contributed by atoms with Gasteiger partial charge in [0.25, 0.3) is 0 Å². The summed E-state index contributed by atoms with van der Waals surface area (Å²) in [5.41, 5.74) is 5.05. The van der Waals surface area contributed by atoms with Gasteiger partial charge < -0.3 is 20.5 Å². The Labute approximate surface area is 142 Å². The summed E-state index contributed by atoms with van der Waals surface area (Å²) in [6.07, 6.45) is 3.69. The largest absolute Gasteiger partial charge is 0.448 e. The Morgan fingerprint density at radius 2 is 1.65 bits per heavy atom. The number of ether oxygens (including phenoxy) is 2. The zero-order chi connectivity index (χ0) is 18.1. The molecule has 0 atom stereocenters. The molecule has 0 saturated carbocycles. The van der Waals surface area contributed by atoms with Gasteiger partial charge in [-0.15, -0.1) is 0 Å². The number of nitrogens with two attached hydrogens (primary N) is 1. The molecule has 0 aromatic carbocycles. The van der Waals surface area contributed by atoms with Crippen LogP contribution in [-0.2, 0) is 9.47 Å². The van der Waals surface area contributed by atoms with Gasteiger partial charge in [0.05, 0.1) is 5.60 Å². The van der Waals surface area contributed by atoms with Crippen molar-refractivity contribution in [2.45, 2.75) is 85.3 Å². The predicted molar refractivity (Wildman–Crippen MR) is 95.6 cm³/mol. The molecular weight excluding hydrogens is 292 g/mol. The number of rotatable bonds is 11. The fourth-order valence-corrected chi connectivity index (χ4v) is 3.08. The Hall–Kier alpha value is -0.810. The molecule has 0 aromatic heterocycles. The molecule has 0 bridgehead atoms. The lowest BCUT2D eigenvalue weighted by Crippen LogP contribution is -2.45. The van der Waals surface area contributed by atoms with Crippen molar-refractivity contribution in [1.29, 1.82) is 0 Å². The molecule has 5 heteroatoms. The van der Waals surface area contributed by atoms with E-state index in [1.165, 1.54) is 12.8 Å². The first-order valence-electron chi connectivity index (χ1n) is 8.72. The van der Waals surface area contributed by atoms with Crippen molar-refractivity contribution < 1.29 is 14.3 Å². The average Bonchev–Trinajstić information content (AvgIpc) is 2.33. The third-order valence-electron chi connectivity index (χ3n) is 3.84. The third kappa shape index (κ3) is 11.4. The Balaban J connectivity index is 4.26. The zero-order valence-electron chi connectivity index (χ0n) is 16.3. The van der Waals surface area contributed by atoms with Gasteiger partial charge in [0, 0.05) is 18.7 Å². The third-order valence-corrected chi connectivity index (χ3v) is 3.84. The van der Waals surface area contributed by atoms with Gasteiger partial charge in [-0.2, -0.15) is 0 Å². The predicted octanol–water partition coefficient (Wildman–Crippen LogP) is 3.85. The summed E-state index contributed by atoms with van der Waals surface area (Å²) in [6, 6.07) is 0. The maximum absolute atomic E-state index is 11.6. The Morgan fingerprint density at radius 1 is 1.04 bits per heavy atom. The molecule has 0 radical (unpaired) electrons. The van der Waals surface area contributed by atoms with Crippen LogP contribution in [0.2, 0.25) is 0 Å². The quantitative estimate of drug-likeness (QED) is 0.603. The first kappa shape index (κ1) is 22.2. The van der Waals surface area contributed by atoms with E-state index in [0.717, 1.165) is 12.8 Å². The molecule has 0 aliphatic carbocycles. The molecule has 0 aliphatic rings. The average molecular weight is 331 g/mol. The van der Waals surface area contributed by atoms with Gasteiger partial charge in [-0.25, -0.2) is 4.79 Å². The minimum absolute atomic E-state index is 0.172. The second kappa shape index (κ2) is 9.48. The summed E-state index contributed by atoms with van der Waals surface area (Å²) in [5, 5.41) is 2.85. The molecule has 0 unspecified atom stereocenters. The van der Waals surface area contributed by atoms with Gasteiger partial charge in [0.15, 0.2) is 0 Å². The molecule has 0 spiro atoms. The highest BCUT2D eigenvalue weighted by Crippen LogP contribution is 2.34. The molecule has 3 N–H and O–H groups in total. The first-order chi connectivity index (χ1) is 10.4. The van der Waals surface area contributed by atoms with Crippen LogP contribution in [0.25, 0.3) is 0 Å². The normalized spacial score (nSPS) is 13.0. The second-order valence-corrected chi connectivity index (χ2v) is 8.38. The number of nitrogens with one attached hydrogen (secondary N) is 1. The molecule has 0 aromatic rings. The standard InChI is InChI=1S/C18H38N2O3/c1-8-9-16(2,3)14-18(6,7)23-12-10-17(4,5)20-15(21)22-13-11-19/h8-14,19H2,1-7H3,(H,20,21). The molecule has 0 fully saturated rings. The van der Waals surface area contributed by atoms with Crippen molar-refractivity contribution in [2.24, 2.45) is 11.1 Å². The van der Waals surface area contributed by atoms with Crippen LogP contribution in [0.4, 0.5) is 4.79 Å². The van der Waals surface area contributed by atoms with Crippen LogP contribution >= 0.6 is 0 Å². The summed E-state index contributed by atoms with van der Waals surface area (Å²) in [5.74, 6) is 0.